The number of nitrogens with zero attached hydrogens (tertiary/aromatic N) is 5. The molecule has 2 heterocycles. The number of benzene rings is 2. The number of hydrogen-bond donors (Lipinski definition) is 0. The van der Waals surface area contributed by atoms with Gasteiger partial charge in [0.1, 0.15) is 5.82 Å². The lowest BCUT2D eigenvalue weighted by Gasteiger charge is -2.35. The summed E-state index contributed by atoms with van der Waals surface area (Å²) in [4.78, 5) is 20.3. The molecule has 0 atom stereocenters. The average molecular weight is 460 g/mol. The van der Waals surface area contributed by atoms with Crippen LogP contribution in [-0.4, -0.2) is 65.3 Å². The van der Waals surface area contributed by atoms with Gasteiger partial charge in [-0.2, -0.15) is 5.10 Å². The van der Waals surface area contributed by atoms with E-state index >= 15 is 0 Å². The lowest BCUT2D eigenvalue weighted by Crippen LogP contribution is -2.45. The minimum atomic E-state index is 0.0840. The van der Waals surface area contributed by atoms with Crippen LogP contribution in [0.2, 0.25) is 0 Å². The molecule has 1 saturated heterocycles. The van der Waals surface area contributed by atoms with Crippen molar-refractivity contribution < 1.29 is 4.79 Å². The van der Waals surface area contributed by atoms with Crippen molar-refractivity contribution in [3.05, 3.63) is 77.0 Å². The van der Waals surface area contributed by atoms with Crippen molar-refractivity contribution in [3.8, 4) is 5.69 Å². The molecule has 6 heteroatoms. The lowest BCUT2D eigenvalue weighted by molar-refractivity contribution is 0.0743. The minimum Gasteiger partial charge on any atom is -0.354 e. The van der Waals surface area contributed by atoms with Crippen LogP contribution >= 0.6 is 0 Å². The van der Waals surface area contributed by atoms with Crippen LogP contribution in [-0.2, 0) is 13.0 Å². The van der Waals surface area contributed by atoms with E-state index < -0.39 is 0 Å². The van der Waals surface area contributed by atoms with E-state index in [9.17, 15) is 4.79 Å². The van der Waals surface area contributed by atoms with Crippen LogP contribution in [0.25, 0.3) is 5.69 Å². The molecule has 6 nitrogen and oxygen atoms in total. The summed E-state index contributed by atoms with van der Waals surface area (Å²) in [6.45, 7) is 11.5. The predicted octanol–water partition coefficient (Wildman–Crippen LogP) is 4.55. The first-order valence-electron chi connectivity index (χ1n) is 12.5. The molecule has 1 aliphatic rings. The number of carbonyl (C=O) groups excluding carboxylic acids is 1. The van der Waals surface area contributed by atoms with Crippen molar-refractivity contribution in [3.63, 3.8) is 0 Å². The zero-order valence-corrected chi connectivity index (χ0v) is 21.0. The van der Waals surface area contributed by atoms with Crippen molar-refractivity contribution in [1.82, 2.24) is 19.6 Å². The van der Waals surface area contributed by atoms with Gasteiger partial charge >= 0.3 is 0 Å². The number of likely N-dealkylation sites (N-methyl/N-ethyl adjacent to an activating group) is 1. The van der Waals surface area contributed by atoms with Crippen LogP contribution in [0.4, 0.5) is 5.82 Å². The summed E-state index contributed by atoms with van der Waals surface area (Å²) in [7, 11) is 2.17. The first-order chi connectivity index (χ1) is 16.5. The highest BCUT2D eigenvalue weighted by atomic mass is 16.2. The summed E-state index contributed by atoms with van der Waals surface area (Å²) in [5, 5.41) is 4.97. The number of anilines is 1. The van der Waals surface area contributed by atoms with Crippen LogP contribution in [0.5, 0.6) is 0 Å². The molecule has 0 aliphatic carbocycles. The fraction of sp³-hybridized carbons (Fsp3) is 0.429. The summed E-state index contributed by atoms with van der Waals surface area (Å²) in [5.41, 5.74) is 5.17. The van der Waals surface area contributed by atoms with Gasteiger partial charge in [0.15, 0.2) is 0 Å². The first kappa shape index (κ1) is 24.0. The highest BCUT2D eigenvalue weighted by Gasteiger charge is 2.27. The number of para-hydroxylation sites is 1. The molecule has 1 aromatic heterocycles. The van der Waals surface area contributed by atoms with Gasteiger partial charge < -0.3 is 14.7 Å². The Labute approximate surface area is 203 Å². The molecule has 1 aliphatic heterocycles. The number of piperazine rings is 1. The molecule has 1 fully saturated rings. The van der Waals surface area contributed by atoms with Crippen molar-refractivity contribution in [2.75, 3.05) is 44.7 Å². The van der Waals surface area contributed by atoms with Gasteiger partial charge in [0.2, 0.25) is 0 Å². The summed E-state index contributed by atoms with van der Waals surface area (Å²) >= 11 is 0. The van der Waals surface area contributed by atoms with E-state index in [1.807, 2.05) is 35.2 Å². The van der Waals surface area contributed by atoms with E-state index in [-0.39, 0.29) is 5.91 Å². The normalized spacial score (nSPS) is 14.4. The fourth-order valence-electron chi connectivity index (χ4n) is 4.60. The third kappa shape index (κ3) is 5.17. The molecule has 0 spiro atoms. The van der Waals surface area contributed by atoms with Gasteiger partial charge in [-0.25, -0.2) is 4.68 Å². The van der Waals surface area contributed by atoms with Gasteiger partial charge in [0.25, 0.3) is 5.91 Å². The minimum absolute atomic E-state index is 0.0840. The highest BCUT2D eigenvalue weighted by Crippen LogP contribution is 2.30. The van der Waals surface area contributed by atoms with Crippen molar-refractivity contribution in [2.45, 2.75) is 40.2 Å². The number of aromatic nitrogens is 2. The average Bonchev–Trinajstić information content (AvgIpc) is 3.20. The maximum atomic E-state index is 13.5. The Hall–Kier alpha value is -3.12. The van der Waals surface area contributed by atoms with Gasteiger partial charge in [-0.1, -0.05) is 44.2 Å². The molecule has 0 radical (unpaired) electrons. The van der Waals surface area contributed by atoms with E-state index in [1.165, 1.54) is 5.56 Å². The van der Waals surface area contributed by atoms with Crippen LogP contribution < -0.4 is 4.90 Å². The summed E-state index contributed by atoms with van der Waals surface area (Å²) in [5.74, 6) is 1.20. The third-order valence-corrected chi connectivity index (χ3v) is 6.70. The Bertz CT molecular complexity index is 1080. The maximum Gasteiger partial charge on any atom is 0.254 e. The molecule has 4 rings (SSSR count). The van der Waals surface area contributed by atoms with Crippen molar-refractivity contribution >= 4 is 11.7 Å². The van der Waals surface area contributed by atoms with E-state index in [0.29, 0.717) is 13.1 Å². The van der Waals surface area contributed by atoms with Crippen LogP contribution in [0.3, 0.4) is 0 Å². The van der Waals surface area contributed by atoms with E-state index in [1.54, 1.807) is 0 Å². The van der Waals surface area contributed by atoms with Gasteiger partial charge in [0, 0.05) is 43.9 Å². The number of rotatable bonds is 8. The summed E-state index contributed by atoms with van der Waals surface area (Å²) in [6.07, 6.45) is 1.88. The molecule has 0 bridgehead atoms. The largest absolute Gasteiger partial charge is 0.354 e. The van der Waals surface area contributed by atoms with E-state index in [4.69, 9.17) is 5.10 Å². The summed E-state index contributed by atoms with van der Waals surface area (Å²) < 4.78 is 2.07. The number of hydrogen-bond acceptors (Lipinski definition) is 4. The zero-order chi connectivity index (χ0) is 24.1. The molecule has 180 valence electrons. The molecule has 0 saturated carbocycles. The Balaban J connectivity index is 1.71. The molecular formula is C28H37N5O. The van der Waals surface area contributed by atoms with Gasteiger partial charge in [-0.3, -0.25) is 4.79 Å². The molecule has 0 unspecified atom stereocenters. The zero-order valence-electron chi connectivity index (χ0n) is 21.0. The van der Waals surface area contributed by atoms with Crippen LogP contribution in [0.15, 0.2) is 54.6 Å². The van der Waals surface area contributed by atoms with E-state index in [2.05, 4.69) is 66.6 Å². The first-order valence-corrected chi connectivity index (χ1v) is 12.5. The maximum absolute atomic E-state index is 13.5. The number of aryl methyl sites for hydroxylation is 2. The standard InChI is InChI=1S/C28H37N5O/c1-5-16-32(28(34)24-14-12-23(6-2)13-15-24)21-26-22(3)29-33(25-10-8-7-9-11-25)27(26)31-19-17-30(4)18-20-31/h7-15H,5-6,16-21H2,1-4H3. The predicted molar refractivity (Wildman–Crippen MR) is 139 cm³/mol. The molecule has 2 aromatic carbocycles. The Morgan fingerprint density at radius 2 is 1.65 bits per heavy atom. The third-order valence-electron chi connectivity index (χ3n) is 6.70. The molecule has 1 amide bonds. The topological polar surface area (TPSA) is 44.6 Å². The Kier molecular flexibility index (Phi) is 7.68. The Morgan fingerprint density at radius 1 is 0.971 bits per heavy atom. The summed E-state index contributed by atoms with van der Waals surface area (Å²) in [6, 6.07) is 18.4. The lowest BCUT2D eigenvalue weighted by atomic mass is 10.1. The second kappa shape index (κ2) is 10.9. The van der Waals surface area contributed by atoms with Crippen molar-refractivity contribution in [2.24, 2.45) is 0 Å². The molecule has 3 aromatic rings. The smallest absolute Gasteiger partial charge is 0.254 e. The Morgan fingerprint density at radius 3 is 2.26 bits per heavy atom. The van der Waals surface area contributed by atoms with Crippen LogP contribution in [0, 0.1) is 6.92 Å². The van der Waals surface area contributed by atoms with E-state index in [0.717, 1.165) is 67.3 Å². The quantitative estimate of drug-likeness (QED) is 0.496. The molecule has 0 N–H and O–H groups in total. The van der Waals surface area contributed by atoms with Crippen molar-refractivity contribution in [1.29, 1.82) is 0 Å². The van der Waals surface area contributed by atoms with Gasteiger partial charge in [-0.05, 0) is 56.6 Å². The highest BCUT2D eigenvalue weighted by molar-refractivity contribution is 5.94. The number of amides is 1. The van der Waals surface area contributed by atoms with Gasteiger partial charge in [0.05, 0.1) is 17.9 Å². The SMILES string of the molecule is CCCN(Cc1c(C)nn(-c2ccccc2)c1N1CCN(C)CC1)C(=O)c1ccc(CC)cc1. The van der Waals surface area contributed by atoms with Crippen LogP contribution in [0.1, 0.15) is 47.4 Å². The molecule has 34 heavy (non-hydrogen) atoms. The monoisotopic (exact) mass is 459 g/mol. The second-order valence-electron chi connectivity index (χ2n) is 9.20. The second-order valence-corrected chi connectivity index (χ2v) is 9.20. The fourth-order valence-corrected chi connectivity index (χ4v) is 4.60. The molecular weight excluding hydrogens is 422 g/mol. The number of carbonyl (C=O) groups is 1. The van der Waals surface area contributed by atoms with Gasteiger partial charge in [-0.15, -0.1) is 0 Å².